The van der Waals surface area contributed by atoms with Crippen molar-refractivity contribution in [2.24, 2.45) is 0 Å². The third kappa shape index (κ3) is 5.19. The topological polar surface area (TPSA) is 110 Å². The molecule has 1 aromatic rings. The van der Waals surface area contributed by atoms with Gasteiger partial charge in [-0.25, -0.2) is 4.79 Å². The summed E-state index contributed by atoms with van der Waals surface area (Å²) in [5, 5.41) is 22.5. The molecule has 0 bridgehead atoms. The van der Waals surface area contributed by atoms with E-state index in [-0.39, 0.29) is 17.0 Å². The normalized spacial score (nSPS) is 11.7. The van der Waals surface area contributed by atoms with Gasteiger partial charge in [-0.3, -0.25) is 14.9 Å². The molecule has 9 heteroatoms. The molecule has 0 fully saturated rings. The Morgan fingerprint density at radius 2 is 2.18 bits per heavy atom. The summed E-state index contributed by atoms with van der Waals surface area (Å²) in [7, 11) is 0. The number of nitro benzene ring substituents is 1. The zero-order chi connectivity index (χ0) is 16.7. The molecule has 0 aliphatic carbocycles. The molecule has 0 aliphatic heterocycles. The van der Waals surface area contributed by atoms with Crippen molar-refractivity contribution in [1.82, 2.24) is 5.32 Å². The predicted octanol–water partition coefficient (Wildman–Crippen LogP) is 2.57. The van der Waals surface area contributed by atoms with Gasteiger partial charge >= 0.3 is 5.97 Å². The number of nitrogens with one attached hydrogen (secondary N) is 1. The van der Waals surface area contributed by atoms with Crippen LogP contribution in [0.25, 0.3) is 0 Å². The molecule has 0 aromatic heterocycles. The Balaban J connectivity index is 2.90. The number of carboxylic acid groups (broad SMARTS) is 1. The van der Waals surface area contributed by atoms with Crippen molar-refractivity contribution in [2.75, 3.05) is 11.5 Å². The molecule has 2 N–H and O–H groups in total. The number of carbonyl (C=O) groups excluding carboxylic acids is 1. The van der Waals surface area contributed by atoms with Crippen LogP contribution in [0, 0.1) is 10.1 Å². The van der Waals surface area contributed by atoms with Crippen LogP contribution in [0.2, 0.25) is 5.02 Å². The molecule has 0 aliphatic rings. The van der Waals surface area contributed by atoms with Gasteiger partial charge in [0.05, 0.1) is 4.92 Å². The Hall–Kier alpha value is -1.80. The number of carboxylic acids is 1. The first-order chi connectivity index (χ1) is 10.4. The lowest BCUT2D eigenvalue weighted by molar-refractivity contribution is -0.385. The van der Waals surface area contributed by atoms with Gasteiger partial charge in [0.25, 0.3) is 11.6 Å². The summed E-state index contributed by atoms with van der Waals surface area (Å²) >= 11 is 7.22. The monoisotopic (exact) mass is 346 g/mol. The molecule has 0 saturated heterocycles. The van der Waals surface area contributed by atoms with Gasteiger partial charge in [0.2, 0.25) is 0 Å². The lowest BCUT2D eigenvalue weighted by atomic mass is 10.1. The summed E-state index contributed by atoms with van der Waals surface area (Å²) in [6.45, 7) is 1.94. The van der Waals surface area contributed by atoms with Gasteiger partial charge in [-0.2, -0.15) is 11.8 Å². The lowest BCUT2D eigenvalue weighted by Gasteiger charge is -2.14. The number of carbonyl (C=O) groups is 2. The summed E-state index contributed by atoms with van der Waals surface area (Å²) in [6, 6.07) is 2.50. The molecule has 1 atom stereocenters. The Kier molecular flexibility index (Phi) is 7.13. The van der Waals surface area contributed by atoms with E-state index in [0.717, 1.165) is 11.8 Å². The molecule has 1 aromatic carbocycles. The second kappa shape index (κ2) is 8.60. The molecule has 120 valence electrons. The van der Waals surface area contributed by atoms with E-state index < -0.39 is 28.5 Å². The number of amides is 1. The van der Waals surface area contributed by atoms with Crippen molar-refractivity contribution in [3.63, 3.8) is 0 Å². The van der Waals surface area contributed by atoms with Crippen LogP contribution in [-0.4, -0.2) is 39.5 Å². The van der Waals surface area contributed by atoms with E-state index in [0.29, 0.717) is 5.75 Å². The largest absolute Gasteiger partial charge is 0.480 e. The van der Waals surface area contributed by atoms with E-state index in [4.69, 9.17) is 16.7 Å². The summed E-state index contributed by atoms with van der Waals surface area (Å²) < 4.78 is 0. The second-order valence-electron chi connectivity index (χ2n) is 4.27. The number of nitro groups is 1. The molecule has 1 unspecified atom stereocenters. The SMILES string of the molecule is CCSCCC(NC(=O)c1ccc(Cl)cc1[N+](=O)[O-])C(=O)O. The maximum Gasteiger partial charge on any atom is 0.326 e. The molecule has 0 spiro atoms. The highest BCUT2D eigenvalue weighted by atomic mass is 35.5. The van der Waals surface area contributed by atoms with Crippen molar-refractivity contribution < 1.29 is 19.6 Å². The minimum absolute atomic E-state index is 0.123. The minimum atomic E-state index is -1.18. The van der Waals surface area contributed by atoms with E-state index in [2.05, 4.69) is 5.32 Å². The quantitative estimate of drug-likeness (QED) is 0.425. The van der Waals surface area contributed by atoms with Crippen molar-refractivity contribution in [2.45, 2.75) is 19.4 Å². The number of benzene rings is 1. The fourth-order valence-corrected chi connectivity index (χ4v) is 2.54. The number of halogens is 1. The number of aliphatic carboxylic acids is 1. The van der Waals surface area contributed by atoms with Gasteiger partial charge in [0.1, 0.15) is 11.6 Å². The molecule has 1 amide bonds. The van der Waals surface area contributed by atoms with E-state index in [9.17, 15) is 19.7 Å². The third-order valence-electron chi connectivity index (χ3n) is 2.76. The van der Waals surface area contributed by atoms with Crippen LogP contribution in [0.5, 0.6) is 0 Å². The highest BCUT2D eigenvalue weighted by Crippen LogP contribution is 2.23. The third-order valence-corrected chi connectivity index (χ3v) is 3.93. The van der Waals surface area contributed by atoms with Crippen LogP contribution < -0.4 is 5.32 Å². The summed E-state index contributed by atoms with van der Waals surface area (Å²) in [5.41, 5.74) is -0.680. The van der Waals surface area contributed by atoms with Crippen molar-refractivity contribution in [3.05, 3.63) is 38.9 Å². The molecule has 0 radical (unpaired) electrons. The summed E-state index contributed by atoms with van der Waals surface area (Å²) in [6.07, 6.45) is 0.237. The number of thioether (sulfide) groups is 1. The molecule has 7 nitrogen and oxygen atoms in total. The van der Waals surface area contributed by atoms with Gasteiger partial charge in [-0.05, 0) is 30.1 Å². The van der Waals surface area contributed by atoms with Gasteiger partial charge in [0.15, 0.2) is 0 Å². The first-order valence-electron chi connectivity index (χ1n) is 6.42. The van der Waals surface area contributed by atoms with E-state index >= 15 is 0 Å². The van der Waals surface area contributed by atoms with Crippen LogP contribution >= 0.6 is 23.4 Å². The lowest BCUT2D eigenvalue weighted by Crippen LogP contribution is -2.41. The fraction of sp³-hybridized carbons (Fsp3) is 0.385. The molecule has 1 rings (SSSR count). The first kappa shape index (κ1) is 18.2. The van der Waals surface area contributed by atoms with Crippen LogP contribution in [0.15, 0.2) is 18.2 Å². The van der Waals surface area contributed by atoms with Crippen molar-refractivity contribution in [1.29, 1.82) is 0 Å². The Bertz CT molecular complexity index is 582. The molecular weight excluding hydrogens is 332 g/mol. The van der Waals surface area contributed by atoms with Crippen LogP contribution in [0.4, 0.5) is 5.69 Å². The maximum atomic E-state index is 12.1. The van der Waals surface area contributed by atoms with Gasteiger partial charge in [-0.1, -0.05) is 18.5 Å². The molecule has 22 heavy (non-hydrogen) atoms. The Morgan fingerprint density at radius 1 is 1.50 bits per heavy atom. The number of hydrogen-bond acceptors (Lipinski definition) is 5. The zero-order valence-corrected chi connectivity index (χ0v) is 13.3. The second-order valence-corrected chi connectivity index (χ2v) is 6.10. The van der Waals surface area contributed by atoms with Crippen LogP contribution in [0.3, 0.4) is 0 Å². The maximum absolute atomic E-state index is 12.1. The highest BCUT2D eigenvalue weighted by molar-refractivity contribution is 7.99. The van der Waals surface area contributed by atoms with Gasteiger partial charge in [0, 0.05) is 11.1 Å². The van der Waals surface area contributed by atoms with E-state index in [1.54, 1.807) is 11.8 Å². The van der Waals surface area contributed by atoms with E-state index in [1.165, 1.54) is 12.1 Å². The Morgan fingerprint density at radius 3 is 2.73 bits per heavy atom. The average Bonchev–Trinajstić information content (AvgIpc) is 2.45. The van der Waals surface area contributed by atoms with Gasteiger partial charge in [-0.15, -0.1) is 0 Å². The van der Waals surface area contributed by atoms with Crippen LogP contribution in [-0.2, 0) is 4.79 Å². The smallest absolute Gasteiger partial charge is 0.326 e. The van der Waals surface area contributed by atoms with Gasteiger partial charge < -0.3 is 10.4 Å². The average molecular weight is 347 g/mol. The molecule has 0 saturated carbocycles. The Labute approximate surface area is 136 Å². The molecular formula is C13H15ClN2O5S. The zero-order valence-electron chi connectivity index (χ0n) is 11.7. The minimum Gasteiger partial charge on any atom is -0.480 e. The van der Waals surface area contributed by atoms with Crippen molar-refractivity contribution >= 4 is 40.9 Å². The number of nitrogens with zero attached hydrogens (tertiary/aromatic N) is 1. The van der Waals surface area contributed by atoms with Crippen LogP contribution in [0.1, 0.15) is 23.7 Å². The summed E-state index contributed by atoms with van der Waals surface area (Å²) in [5.74, 6) is -0.585. The highest BCUT2D eigenvalue weighted by Gasteiger charge is 2.25. The van der Waals surface area contributed by atoms with Crippen molar-refractivity contribution in [3.8, 4) is 0 Å². The fourth-order valence-electron chi connectivity index (χ4n) is 1.69. The predicted molar refractivity (Wildman–Crippen MR) is 84.6 cm³/mol. The number of hydrogen-bond donors (Lipinski definition) is 2. The number of rotatable bonds is 8. The molecule has 0 heterocycles. The first-order valence-corrected chi connectivity index (χ1v) is 7.95. The summed E-state index contributed by atoms with van der Waals surface area (Å²) in [4.78, 5) is 33.5. The standard InChI is InChI=1S/C13H15ClN2O5S/c1-2-22-6-5-10(13(18)19)15-12(17)9-4-3-8(14)7-11(9)16(20)21/h3-4,7,10H,2,5-6H2,1H3,(H,15,17)(H,18,19). The van der Waals surface area contributed by atoms with E-state index in [1.807, 2.05) is 6.92 Å².